The summed E-state index contributed by atoms with van der Waals surface area (Å²) in [4.78, 5) is 4.45. The number of hydrogen-bond acceptors (Lipinski definition) is 2. The van der Waals surface area contributed by atoms with Crippen LogP contribution in [-0.2, 0) is 0 Å². The molecule has 4 heteroatoms. The Hall–Kier alpha value is -3.01. The molecule has 4 rings (SSSR count). The lowest BCUT2D eigenvalue weighted by Crippen LogP contribution is -1.88. The molecule has 0 spiro atoms. The third kappa shape index (κ3) is 2.46. The molecular weight excluding hydrogens is 308 g/mol. The Balaban J connectivity index is 1.88. The van der Waals surface area contributed by atoms with Crippen molar-refractivity contribution in [1.29, 1.82) is 0 Å². The molecule has 0 atom stereocenters. The van der Waals surface area contributed by atoms with Crippen molar-refractivity contribution in [2.75, 3.05) is 0 Å². The topological polar surface area (TPSA) is 26.0 Å². The van der Waals surface area contributed by atoms with E-state index < -0.39 is 11.6 Å². The van der Waals surface area contributed by atoms with Gasteiger partial charge < -0.3 is 4.42 Å². The Bertz CT molecular complexity index is 1050. The number of furan rings is 1. The van der Waals surface area contributed by atoms with Crippen LogP contribution in [-0.4, -0.2) is 4.98 Å². The quantitative estimate of drug-likeness (QED) is 0.470. The number of rotatable bonds is 2. The molecule has 0 aliphatic heterocycles. The molecule has 2 nitrogen and oxygen atoms in total. The SMILES string of the molecule is Cc1cc2c(-c3cccc(-c4ccc(F)cc4F)c3)nccc2o1. The second-order valence-electron chi connectivity index (χ2n) is 5.63. The standard InChI is InChI=1S/C20H13F2NO/c1-12-9-17-19(24-12)7-8-23-20(17)14-4-2-3-13(10-14)16-6-5-15(21)11-18(16)22/h2-11H,1H3. The van der Waals surface area contributed by atoms with Crippen molar-refractivity contribution in [2.45, 2.75) is 6.92 Å². The molecule has 4 aromatic rings. The van der Waals surface area contributed by atoms with Gasteiger partial charge in [-0.3, -0.25) is 4.98 Å². The molecular formula is C20H13F2NO. The van der Waals surface area contributed by atoms with E-state index >= 15 is 0 Å². The molecule has 0 amide bonds. The van der Waals surface area contributed by atoms with Crippen LogP contribution in [0.1, 0.15) is 5.76 Å². The smallest absolute Gasteiger partial charge is 0.137 e. The molecule has 0 aliphatic carbocycles. The molecule has 0 bridgehead atoms. The van der Waals surface area contributed by atoms with Gasteiger partial charge in [-0.1, -0.05) is 18.2 Å². The van der Waals surface area contributed by atoms with Gasteiger partial charge in [0.1, 0.15) is 23.0 Å². The van der Waals surface area contributed by atoms with Gasteiger partial charge in [0.25, 0.3) is 0 Å². The summed E-state index contributed by atoms with van der Waals surface area (Å²) in [5.74, 6) is -0.370. The maximum absolute atomic E-state index is 14.1. The lowest BCUT2D eigenvalue weighted by Gasteiger charge is -2.07. The molecule has 2 aromatic carbocycles. The molecule has 118 valence electrons. The van der Waals surface area contributed by atoms with Crippen molar-refractivity contribution in [3.8, 4) is 22.4 Å². The summed E-state index contributed by atoms with van der Waals surface area (Å²) in [6.07, 6.45) is 1.69. The Morgan fingerprint density at radius 2 is 1.75 bits per heavy atom. The number of halogens is 2. The molecule has 2 heterocycles. The maximum Gasteiger partial charge on any atom is 0.137 e. The highest BCUT2D eigenvalue weighted by molar-refractivity contribution is 5.92. The van der Waals surface area contributed by atoms with E-state index in [2.05, 4.69) is 4.98 Å². The first-order valence-corrected chi connectivity index (χ1v) is 7.53. The number of hydrogen-bond donors (Lipinski definition) is 0. The predicted octanol–water partition coefficient (Wildman–Crippen LogP) is 5.75. The van der Waals surface area contributed by atoms with Crippen LogP contribution < -0.4 is 0 Å². The lowest BCUT2D eigenvalue weighted by molar-refractivity contribution is 0.578. The Labute approximate surface area is 137 Å². The van der Waals surface area contributed by atoms with Crippen molar-refractivity contribution in [1.82, 2.24) is 4.98 Å². The predicted molar refractivity (Wildman–Crippen MR) is 89.5 cm³/mol. The van der Waals surface area contributed by atoms with Crippen LogP contribution >= 0.6 is 0 Å². The van der Waals surface area contributed by atoms with Gasteiger partial charge in [-0.15, -0.1) is 0 Å². The first-order valence-electron chi connectivity index (χ1n) is 7.53. The highest BCUT2D eigenvalue weighted by atomic mass is 19.1. The average Bonchev–Trinajstić information content (AvgIpc) is 2.95. The summed E-state index contributed by atoms with van der Waals surface area (Å²) >= 11 is 0. The van der Waals surface area contributed by atoms with Crippen LogP contribution in [0.5, 0.6) is 0 Å². The van der Waals surface area contributed by atoms with Crippen LogP contribution in [0.25, 0.3) is 33.4 Å². The summed E-state index contributed by atoms with van der Waals surface area (Å²) in [6, 6.07) is 14.7. The molecule has 0 aliphatic rings. The van der Waals surface area contributed by atoms with Crippen molar-refractivity contribution in [2.24, 2.45) is 0 Å². The van der Waals surface area contributed by atoms with Gasteiger partial charge in [-0.2, -0.15) is 0 Å². The van der Waals surface area contributed by atoms with Crippen LogP contribution in [0.15, 0.2) is 65.2 Å². The van der Waals surface area contributed by atoms with Crippen molar-refractivity contribution >= 4 is 11.0 Å². The van der Waals surface area contributed by atoms with Gasteiger partial charge in [-0.05, 0) is 42.8 Å². The van der Waals surface area contributed by atoms with E-state index in [4.69, 9.17) is 4.42 Å². The van der Waals surface area contributed by atoms with Crippen molar-refractivity contribution < 1.29 is 13.2 Å². The van der Waals surface area contributed by atoms with Gasteiger partial charge in [0.2, 0.25) is 0 Å². The zero-order valence-corrected chi connectivity index (χ0v) is 12.9. The number of aromatic nitrogens is 1. The van der Waals surface area contributed by atoms with Gasteiger partial charge in [0.05, 0.1) is 5.69 Å². The van der Waals surface area contributed by atoms with Gasteiger partial charge in [0.15, 0.2) is 0 Å². The number of benzene rings is 2. The van der Waals surface area contributed by atoms with Crippen LogP contribution in [0.4, 0.5) is 8.78 Å². The fourth-order valence-corrected chi connectivity index (χ4v) is 2.88. The van der Waals surface area contributed by atoms with Gasteiger partial charge >= 0.3 is 0 Å². The van der Waals surface area contributed by atoms with Crippen molar-refractivity contribution in [3.63, 3.8) is 0 Å². The number of aryl methyl sites for hydroxylation is 1. The minimum atomic E-state index is -0.590. The lowest BCUT2D eigenvalue weighted by atomic mass is 10.00. The monoisotopic (exact) mass is 321 g/mol. The van der Waals surface area contributed by atoms with Crippen LogP contribution in [0, 0.1) is 18.6 Å². The Morgan fingerprint density at radius 1 is 0.917 bits per heavy atom. The minimum Gasteiger partial charge on any atom is -0.461 e. The second-order valence-corrected chi connectivity index (χ2v) is 5.63. The van der Waals surface area contributed by atoms with E-state index in [0.29, 0.717) is 11.1 Å². The van der Waals surface area contributed by atoms with Crippen LogP contribution in [0.2, 0.25) is 0 Å². The summed E-state index contributed by atoms with van der Waals surface area (Å²) in [6.45, 7) is 1.88. The second kappa shape index (κ2) is 5.57. The Morgan fingerprint density at radius 3 is 2.58 bits per heavy atom. The molecule has 0 saturated carbocycles. The minimum absolute atomic E-state index is 0.355. The fraction of sp³-hybridized carbons (Fsp3) is 0.0500. The highest BCUT2D eigenvalue weighted by Gasteiger charge is 2.12. The molecule has 0 N–H and O–H groups in total. The molecule has 0 fully saturated rings. The third-order valence-corrected chi connectivity index (χ3v) is 3.95. The summed E-state index contributed by atoms with van der Waals surface area (Å²) < 4.78 is 32.8. The molecule has 0 radical (unpaired) electrons. The number of fused-ring (bicyclic) bond motifs is 1. The normalized spacial score (nSPS) is 11.1. The average molecular weight is 321 g/mol. The fourth-order valence-electron chi connectivity index (χ4n) is 2.88. The van der Waals surface area contributed by atoms with E-state index in [1.165, 1.54) is 12.1 Å². The first-order chi connectivity index (χ1) is 11.6. The van der Waals surface area contributed by atoms with Crippen LogP contribution in [0.3, 0.4) is 0 Å². The van der Waals surface area contributed by atoms with E-state index in [9.17, 15) is 8.78 Å². The maximum atomic E-state index is 14.1. The third-order valence-electron chi connectivity index (χ3n) is 3.95. The van der Waals surface area contributed by atoms with E-state index in [0.717, 1.165) is 34.1 Å². The van der Waals surface area contributed by atoms with Crippen molar-refractivity contribution in [3.05, 3.63) is 78.2 Å². The molecule has 0 saturated heterocycles. The summed E-state index contributed by atoms with van der Waals surface area (Å²) in [7, 11) is 0. The number of pyridine rings is 1. The van der Waals surface area contributed by atoms with Gasteiger partial charge in [0, 0.05) is 28.8 Å². The zero-order chi connectivity index (χ0) is 16.7. The van der Waals surface area contributed by atoms with E-state index in [-0.39, 0.29) is 0 Å². The number of nitrogens with zero attached hydrogens (tertiary/aromatic N) is 1. The summed E-state index contributed by atoms with van der Waals surface area (Å²) in [5.41, 5.74) is 3.41. The summed E-state index contributed by atoms with van der Waals surface area (Å²) in [5, 5.41) is 0.909. The molecule has 24 heavy (non-hydrogen) atoms. The first kappa shape index (κ1) is 14.6. The zero-order valence-electron chi connectivity index (χ0n) is 12.9. The van der Waals surface area contributed by atoms with E-state index in [1.807, 2.05) is 37.3 Å². The largest absolute Gasteiger partial charge is 0.461 e. The van der Waals surface area contributed by atoms with E-state index in [1.54, 1.807) is 12.3 Å². The molecule has 0 unspecified atom stereocenters. The molecule has 2 aromatic heterocycles. The Kier molecular flexibility index (Phi) is 3.38. The van der Waals surface area contributed by atoms with Gasteiger partial charge in [-0.25, -0.2) is 8.78 Å². The highest BCUT2D eigenvalue weighted by Crippen LogP contribution is 2.32.